The van der Waals surface area contributed by atoms with Crippen LogP contribution in [0.15, 0.2) is 18.3 Å². The topological polar surface area (TPSA) is 119 Å². The number of aromatic nitrogens is 5. The van der Waals surface area contributed by atoms with Gasteiger partial charge in [0.15, 0.2) is 11.3 Å². The van der Waals surface area contributed by atoms with Gasteiger partial charge in [-0.3, -0.25) is 4.68 Å². The van der Waals surface area contributed by atoms with E-state index >= 15 is 0 Å². The van der Waals surface area contributed by atoms with E-state index in [2.05, 4.69) is 32.4 Å². The molecule has 4 heterocycles. The van der Waals surface area contributed by atoms with Gasteiger partial charge in [0.05, 0.1) is 19.9 Å². The summed E-state index contributed by atoms with van der Waals surface area (Å²) in [5, 5.41) is 11.4. The fourth-order valence-electron chi connectivity index (χ4n) is 3.56. The number of hydrogen-bond acceptors (Lipinski definition) is 9. The zero-order chi connectivity index (χ0) is 20.9. The molecule has 0 radical (unpaired) electrons. The van der Waals surface area contributed by atoms with E-state index in [9.17, 15) is 0 Å². The molecule has 0 bridgehead atoms. The predicted molar refractivity (Wildman–Crippen MR) is 118 cm³/mol. The molecule has 0 aliphatic carbocycles. The Hall–Kier alpha value is -3.14. The maximum absolute atomic E-state index is 5.90. The molecular weight excluding hydrogens is 382 g/mol. The van der Waals surface area contributed by atoms with Crippen LogP contribution in [-0.2, 0) is 6.54 Å². The Morgan fingerprint density at radius 2 is 2.03 bits per heavy atom. The molecule has 4 rings (SSSR count). The van der Waals surface area contributed by atoms with Gasteiger partial charge in [-0.25, -0.2) is 9.97 Å². The lowest BCUT2D eigenvalue weighted by atomic mass is 10.3. The zero-order valence-corrected chi connectivity index (χ0v) is 17.6. The third-order valence-corrected chi connectivity index (χ3v) is 5.14. The van der Waals surface area contributed by atoms with E-state index < -0.39 is 0 Å². The first-order chi connectivity index (χ1) is 14.7. The van der Waals surface area contributed by atoms with Crippen molar-refractivity contribution in [1.82, 2.24) is 30.0 Å². The molecule has 1 aliphatic rings. The fourth-order valence-corrected chi connectivity index (χ4v) is 3.56. The van der Waals surface area contributed by atoms with Crippen molar-refractivity contribution in [2.24, 2.45) is 0 Å². The number of piperazine rings is 1. The highest BCUT2D eigenvalue weighted by Gasteiger charge is 2.16. The summed E-state index contributed by atoms with van der Waals surface area (Å²) in [6.07, 6.45) is 4.02. The molecule has 3 aromatic heterocycles. The standard InChI is InChI=1S/C20H29N9O/c1-3-4-7-23-19-18-15(25-20(21)26-19)13-29(27-18)12-14-16(30-2)5-6-17(24-14)28-10-8-22-9-11-28/h5-6,13,22H,3-4,7-12H2,1-2H3,(H3,21,23,25,26). The summed E-state index contributed by atoms with van der Waals surface area (Å²) >= 11 is 0. The second-order valence-electron chi connectivity index (χ2n) is 7.33. The normalized spacial score (nSPS) is 14.3. The first kappa shape index (κ1) is 20.1. The summed E-state index contributed by atoms with van der Waals surface area (Å²) in [5.41, 5.74) is 8.13. The van der Waals surface area contributed by atoms with Crippen LogP contribution in [0.2, 0.25) is 0 Å². The lowest BCUT2D eigenvalue weighted by Crippen LogP contribution is -2.44. The van der Waals surface area contributed by atoms with Crippen LogP contribution in [0.5, 0.6) is 5.75 Å². The largest absolute Gasteiger partial charge is 0.495 e. The monoisotopic (exact) mass is 411 g/mol. The minimum Gasteiger partial charge on any atom is -0.495 e. The molecule has 4 N–H and O–H groups in total. The molecule has 160 valence electrons. The Morgan fingerprint density at radius 3 is 2.80 bits per heavy atom. The van der Waals surface area contributed by atoms with Crippen molar-refractivity contribution < 1.29 is 4.74 Å². The summed E-state index contributed by atoms with van der Waals surface area (Å²) in [7, 11) is 1.66. The Morgan fingerprint density at radius 1 is 1.20 bits per heavy atom. The Labute approximate surface area is 175 Å². The van der Waals surface area contributed by atoms with Crippen molar-refractivity contribution in [3.05, 3.63) is 24.0 Å². The van der Waals surface area contributed by atoms with E-state index in [-0.39, 0.29) is 5.95 Å². The van der Waals surface area contributed by atoms with Gasteiger partial charge in [-0.05, 0) is 18.6 Å². The lowest BCUT2D eigenvalue weighted by Gasteiger charge is -2.28. The molecular formula is C20H29N9O. The molecule has 0 unspecified atom stereocenters. The summed E-state index contributed by atoms with van der Waals surface area (Å²) in [5.74, 6) is 2.59. The number of nitrogen functional groups attached to an aromatic ring is 1. The first-order valence-corrected chi connectivity index (χ1v) is 10.4. The second-order valence-corrected chi connectivity index (χ2v) is 7.33. The van der Waals surface area contributed by atoms with Crippen molar-refractivity contribution in [1.29, 1.82) is 0 Å². The number of unbranched alkanes of at least 4 members (excludes halogenated alkanes) is 1. The molecule has 0 aromatic carbocycles. The maximum Gasteiger partial charge on any atom is 0.222 e. The summed E-state index contributed by atoms with van der Waals surface area (Å²) < 4.78 is 7.36. The molecule has 1 saturated heterocycles. The second kappa shape index (κ2) is 9.12. The van der Waals surface area contributed by atoms with Gasteiger partial charge in [0.1, 0.15) is 22.8 Å². The number of rotatable bonds is 8. The molecule has 1 aliphatic heterocycles. The van der Waals surface area contributed by atoms with Gasteiger partial charge in [-0.15, -0.1) is 0 Å². The maximum atomic E-state index is 5.90. The van der Waals surface area contributed by atoms with Gasteiger partial charge >= 0.3 is 0 Å². The Bertz CT molecular complexity index is 997. The smallest absolute Gasteiger partial charge is 0.222 e. The highest BCUT2D eigenvalue weighted by Crippen LogP contribution is 2.24. The van der Waals surface area contributed by atoms with Crippen LogP contribution in [0.1, 0.15) is 25.5 Å². The van der Waals surface area contributed by atoms with Crippen LogP contribution >= 0.6 is 0 Å². The van der Waals surface area contributed by atoms with E-state index in [1.807, 2.05) is 23.0 Å². The first-order valence-electron chi connectivity index (χ1n) is 10.4. The number of pyridine rings is 1. The lowest BCUT2D eigenvalue weighted by molar-refractivity contribution is 0.404. The quantitative estimate of drug-likeness (QED) is 0.474. The molecule has 10 heteroatoms. The van der Waals surface area contributed by atoms with E-state index in [0.29, 0.717) is 23.4 Å². The highest BCUT2D eigenvalue weighted by atomic mass is 16.5. The van der Waals surface area contributed by atoms with Gasteiger partial charge < -0.3 is 26.0 Å². The number of ether oxygens (including phenoxy) is 1. The van der Waals surface area contributed by atoms with Crippen LogP contribution in [0.4, 0.5) is 17.6 Å². The van der Waals surface area contributed by atoms with Crippen LogP contribution < -0.4 is 26.0 Å². The molecule has 10 nitrogen and oxygen atoms in total. The average Bonchev–Trinajstić information content (AvgIpc) is 3.16. The van der Waals surface area contributed by atoms with E-state index in [0.717, 1.165) is 62.8 Å². The fraction of sp³-hybridized carbons (Fsp3) is 0.500. The number of nitrogens with one attached hydrogen (secondary N) is 2. The number of nitrogens with two attached hydrogens (primary N) is 1. The predicted octanol–water partition coefficient (Wildman–Crippen LogP) is 1.48. The number of fused-ring (bicyclic) bond motifs is 1. The molecule has 30 heavy (non-hydrogen) atoms. The van der Waals surface area contributed by atoms with Crippen LogP contribution in [0.25, 0.3) is 11.0 Å². The number of anilines is 3. The summed E-state index contributed by atoms with van der Waals surface area (Å²) in [6.45, 7) is 7.22. The van der Waals surface area contributed by atoms with Crippen molar-refractivity contribution in [3.63, 3.8) is 0 Å². The van der Waals surface area contributed by atoms with Crippen molar-refractivity contribution in [2.75, 3.05) is 55.8 Å². The van der Waals surface area contributed by atoms with Crippen molar-refractivity contribution in [3.8, 4) is 5.75 Å². The van der Waals surface area contributed by atoms with Crippen molar-refractivity contribution in [2.45, 2.75) is 26.3 Å². The molecule has 1 fully saturated rings. The van der Waals surface area contributed by atoms with E-state index in [4.69, 9.17) is 20.6 Å². The zero-order valence-electron chi connectivity index (χ0n) is 17.6. The molecule has 0 spiro atoms. The van der Waals surface area contributed by atoms with E-state index in [1.165, 1.54) is 0 Å². The number of hydrogen-bond donors (Lipinski definition) is 3. The highest BCUT2D eigenvalue weighted by molar-refractivity contribution is 5.85. The third kappa shape index (κ3) is 4.38. The third-order valence-electron chi connectivity index (χ3n) is 5.14. The van der Waals surface area contributed by atoms with E-state index in [1.54, 1.807) is 7.11 Å². The summed E-state index contributed by atoms with van der Waals surface area (Å²) in [6, 6.07) is 3.98. The van der Waals surface area contributed by atoms with Gasteiger partial charge in [0, 0.05) is 32.7 Å². The summed E-state index contributed by atoms with van der Waals surface area (Å²) in [4.78, 5) is 15.8. The van der Waals surface area contributed by atoms with Crippen molar-refractivity contribution >= 4 is 28.6 Å². The van der Waals surface area contributed by atoms with Gasteiger partial charge in [-0.2, -0.15) is 10.1 Å². The van der Waals surface area contributed by atoms with Gasteiger partial charge in [0.25, 0.3) is 0 Å². The molecule has 0 saturated carbocycles. The van der Waals surface area contributed by atoms with Crippen LogP contribution in [-0.4, -0.2) is 64.6 Å². The van der Waals surface area contributed by atoms with Gasteiger partial charge in [-0.1, -0.05) is 13.3 Å². The number of methoxy groups -OCH3 is 1. The Kier molecular flexibility index (Phi) is 6.12. The minimum absolute atomic E-state index is 0.234. The van der Waals surface area contributed by atoms with Gasteiger partial charge in [0.2, 0.25) is 5.95 Å². The average molecular weight is 412 g/mol. The molecule has 0 amide bonds. The number of nitrogens with zero attached hydrogens (tertiary/aromatic N) is 6. The minimum atomic E-state index is 0.234. The Balaban J connectivity index is 1.62. The molecule has 0 atom stereocenters. The molecule has 3 aromatic rings. The van der Waals surface area contributed by atoms with Crippen LogP contribution in [0, 0.1) is 0 Å². The van der Waals surface area contributed by atoms with Crippen LogP contribution in [0.3, 0.4) is 0 Å². The SMILES string of the molecule is CCCCNc1nc(N)nc2cn(Cc3nc(N4CCNCC4)ccc3OC)nc12.